The maximum absolute atomic E-state index is 4.61. The van der Waals surface area contributed by atoms with Crippen LogP contribution in [0.1, 0.15) is 0 Å². The van der Waals surface area contributed by atoms with Crippen molar-refractivity contribution in [3.05, 3.63) is 48.9 Å². The first-order valence-corrected chi connectivity index (χ1v) is 7.79. The van der Waals surface area contributed by atoms with Crippen LogP contribution in [0.3, 0.4) is 0 Å². The van der Waals surface area contributed by atoms with Crippen molar-refractivity contribution in [2.75, 3.05) is 31.1 Å². The van der Waals surface area contributed by atoms with Gasteiger partial charge < -0.3 is 10.2 Å². The summed E-state index contributed by atoms with van der Waals surface area (Å²) in [5, 5.41) is 11.2. The first kappa shape index (κ1) is 13.9. The van der Waals surface area contributed by atoms with Crippen LogP contribution in [0.2, 0.25) is 0 Å². The highest BCUT2D eigenvalue weighted by Crippen LogP contribution is 2.36. The first-order valence-electron chi connectivity index (χ1n) is 7.79. The summed E-state index contributed by atoms with van der Waals surface area (Å²) in [6, 6.07) is 12.2. The van der Waals surface area contributed by atoms with Gasteiger partial charge in [0, 0.05) is 37.9 Å². The molecular formula is C17H18N6. The minimum absolute atomic E-state index is 0.890. The smallest absolute Gasteiger partial charge is 0.160 e. The van der Waals surface area contributed by atoms with Gasteiger partial charge in [0.2, 0.25) is 0 Å². The number of piperazine rings is 1. The number of rotatable bonds is 3. The molecule has 1 aliphatic rings. The molecule has 1 aromatic carbocycles. The third-order valence-corrected chi connectivity index (χ3v) is 4.06. The number of nitrogens with zero attached hydrogens (tertiary/aromatic N) is 4. The molecule has 2 aromatic heterocycles. The zero-order chi connectivity index (χ0) is 15.5. The van der Waals surface area contributed by atoms with Gasteiger partial charge in [0.1, 0.15) is 6.33 Å². The lowest BCUT2D eigenvalue weighted by Gasteiger charge is -2.28. The fourth-order valence-corrected chi connectivity index (χ4v) is 2.93. The molecule has 0 amide bonds. The van der Waals surface area contributed by atoms with E-state index in [1.165, 1.54) is 0 Å². The Hall–Kier alpha value is -2.73. The standard InChI is InChI=1S/C17H18N6/c1-2-4-13(5-3-1)16-15(14-6-7-19-12-20-14)17(22-21-16)23-10-8-18-9-11-23/h1-7,12,18H,8-11H2,(H,21,22). The molecule has 116 valence electrons. The van der Waals surface area contributed by atoms with E-state index in [2.05, 4.69) is 42.5 Å². The van der Waals surface area contributed by atoms with E-state index in [1.54, 1.807) is 12.5 Å². The van der Waals surface area contributed by atoms with Gasteiger partial charge in [0.05, 0.1) is 17.0 Å². The quantitative estimate of drug-likeness (QED) is 0.774. The van der Waals surface area contributed by atoms with Crippen LogP contribution in [0.5, 0.6) is 0 Å². The molecule has 0 atom stereocenters. The minimum Gasteiger partial charge on any atom is -0.352 e. The first-order chi connectivity index (χ1) is 11.4. The third kappa shape index (κ3) is 2.68. The predicted octanol–water partition coefficient (Wildman–Crippen LogP) is 1.94. The predicted molar refractivity (Wildman–Crippen MR) is 90.1 cm³/mol. The van der Waals surface area contributed by atoms with Crippen LogP contribution in [-0.4, -0.2) is 46.3 Å². The molecule has 0 aliphatic carbocycles. The van der Waals surface area contributed by atoms with Gasteiger partial charge in [-0.1, -0.05) is 30.3 Å². The Morgan fingerprint density at radius 1 is 1.00 bits per heavy atom. The van der Waals surface area contributed by atoms with Crippen molar-refractivity contribution in [2.45, 2.75) is 0 Å². The lowest BCUT2D eigenvalue weighted by molar-refractivity contribution is 0.585. The second-order valence-corrected chi connectivity index (χ2v) is 5.49. The summed E-state index contributed by atoms with van der Waals surface area (Å²) in [5.41, 5.74) is 4.04. The molecule has 0 spiro atoms. The highest BCUT2D eigenvalue weighted by atomic mass is 15.3. The van der Waals surface area contributed by atoms with Crippen molar-refractivity contribution in [3.8, 4) is 22.5 Å². The average Bonchev–Trinajstić information content (AvgIpc) is 3.09. The molecule has 2 N–H and O–H groups in total. The summed E-state index contributed by atoms with van der Waals surface area (Å²) in [7, 11) is 0. The van der Waals surface area contributed by atoms with E-state index in [0.29, 0.717) is 0 Å². The zero-order valence-electron chi connectivity index (χ0n) is 12.7. The Morgan fingerprint density at radius 3 is 2.57 bits per heavy atom. The fourth-order valence-electron chi connectivity index (χ4n) is 2.93. The molecule has 1 saturated heterocycles. The van der Waals surface area contributed by atoms with E-state index < -0.39 is 0 Å². The number of nitrogens with one attached hydrogen (secondary N) is 2. The van der Waals surface area contributed by atoms with Crippen LogP contribution in [0.15, 0.2) is 48.9 Å². The summed E-state index contributed by atoms with van der Waals surface area (Å²) in [4.78, 5) is 10.8. The van der Waals surface area contributed by atoms with Crippen LogP contribution in [0.4, 0.5) is 5.82 Å². The van der Waals surface area contributed by atoms with Crippen molar-refractivity contribution in [1.82, 2.24) is 25.5 Å². The third-order valence-electron chi connectivity index (χ3n) is 4.06. The highest BCUT2D eigenvalue weighted by Gasteiger charge is 2.23. The molecule has 6 heteroatoms. The number of aromatic nitrogens is 4. The Labute approximate surface area is 134 Å². The molecule has 3 aromatic rings. The van der Waals surface area contributed by atoms with Crippen molar-refractivity contribution >= 4 is 5.82 Å². The van der Waals surface area contributed by atoms with Crippen LogP contribution in [0, 0.1) is 0 Å². The van der Waals surface area contributed by atoms with Crippen LogP contribution in [0.25, 0.3) is 22.5 Å². The van der Waals surface area contributed by atoms with E-state index in [4.69, 9.17) is 0 Å². The van der Waals surface area contributed by atoms with E-state index in [1.807, 2.05) is 24.3 Å². The van der Waals surface area contributed by atoms with E-state index >= 15 is 0 Å². The zero-order valence-corrected chi connectivity index (χ0v) is 12.7. The minimum atomic E-state index is 0.890. The second-order valence-electron chi connectivity index (χ2n) is 5.49. The summed E-state index contributed by atoms with van der Waals surface area (Å²) < 4.78 is 0. The fraction of sp³-hybridized carbons (Fsp3) is 0.235. The van der Waals surface area contributed by atoms with Gasteiger partial charge in [-0.05, 0) is 6.07 Å². The van der Waals surface area contributed by atoms with Crippen LogP contribution in [-0.2, 0) is 0 Å². The Bertz CT molecular complexity index is 762. The van der Waals surface area contributed by atoms with Crippen molar-refractivity contribution in [3.63, 3.8) is 0 Å². The molecule has 0 bridgehead atoms. The van der Waals surface area contributed by atoms with Crippen molar-refractivity contribution < 1.29 is 0 Å². The van der Waals surface area contributed by atoms with Gasteiger partial charge in [-0.15, -0.1) is 0 Å². The largest absolute Gasteiger partial charge is 0.352 e. The second kappa shape index (κ2) is 6.18. The summed E-state index contributed by atoms with van der Waals surface area (Å²) in [5.74, 6) is 0.962. The molecule has 6 nitrogen and oxygen atoms in total. The summed E-state index contributed by atoms with van der Waals surface area (Å²) >= 11 is 0. The van der Waals surface area contributed by atoms with Gasteiger partial charge in [0.15, 0.2) is 5.82 Å². The number of hydrogen-bond donors (Lipinski definition) is 2. The number of H-pyrrole nitrogens is 1. The molecule has 3 heterocycles. The van der Waals surface area contributed by atoms with Crippen LogP contribution >= 0.6 is 0 Å². The SMILES string of the molecule is c1ccc(-c2[nH]nc(N3CCNCC3)c2-c2ccncn2)cc1. The molecule has 0 saturated carbocycles. The monoisotopic (exact) mass is 306 g/mol. The lowest BCUT2D eigenvalue weighted by atomic mass is 10.0. The Morgan fingerprint density at radius 2 is 1.83 bits per heavy atom. The van der Waals surface area contributed by atoms with Crippen molar-refractivity contribution in [1.29, 1.82) is 0 Å². The molecule has 4 rings (SSSR count). The Balaban J connectivity index is 1.85. The van der Waals surface area contributed by atoms with Gasteiger partial charge in [-0.3, -0.25) is 5.10 Å². The maximum Gasteiger partial charge on any atom is 0.160 e. The van der Waals surface area contributed by atoms with Gasteiger partial charge in [-0.25, -0.2) is 9.97 Å². The molecule has 23 heavy (non-hydrogen) atoms. The average molecular weight is 306 g/mol. The van der Waals surface area contributed by atoms with Gasteiger partial charge >= 0.3 is 0 Å². The number of anilines is 1. The van der Waals surface area contributed by atoms with E-state index in [0.717, 1.165) is 54.5 Å². The number of benzene rings is 1. The maximum atomic E-state index is 4.61. The number of aromatic amines is 1. The molecule has 0 radical (unpaired) electrons. The van der Waals surface area contributed by atoms with E-state index in [-0.39, 0.29) is 0 Å². The molecule has 1 fully saturated rings. The molecular weight excluding hydrogens is 288 g/mol. The molecule has 0 unspecified atom stereocenters. The van der Waals surface area contributed by atoms with Crippen LogP contribution < -0.4 is 10.2 Å². The Kier molecular flexibility index (Phi) is 3.73. The van der Waals surface area contributed by atoms with Crippen molar-refractivity contribution in [2.24, 2.45) is 0 Å². The van der Waals surface area contributed by atoms with Gasteiger partial charge in [-0.2, -0.15) is 5.10 Å². The normalized spacial score (nSPS) is 14.9. The molecule has 1 aliphatic heterocycles. The van der Waals surface area contributed by atoms with E-state index in [9.17, 15) is 0 Å². The summed E-state index contributed by atoms with van der Waals surface area (Å²) in [6.45, 7) is 3.82. The summed E-state index contributed by atoms with van der Waals surface area (Å²) in [6.07, 6.45) is 3.35. The lowest BCUT2D eigenvalue weighted by Crippen LogP contribution is -2.43. The topological polar surface area (TPSA) is 69.7 Å². The highest BCUT2D eigenvalue weighted by molar-refractivity contribution is 5.87. The van der Waals surface area contributed by atoms with Gasteiger partial charge in [0.25, 0.3) is 0 Å². The number of hydrogen-bond acceptors (Lipinski definition) is 5.